The monoisotopic (exact) mass is 332 g/mol. The first-order chi connectivity index (χ1) is 12.2. The number of nitrogens with zero attached hydrogens (tertiary/aromatic N) is 3. The number of benzene rings is 1. The summed E-state index contributed by atoms with van der Waals surface area (Å²) < 4.78 is 10.7. The van der Waals surface area contributed by atoms with Crippen LogP contribution in [0.3, 0.4) is 0 Å². The van der Waals surface area contributed by atoms with Crippen LogP contribution in [0.25, 0.3) is 22.5 Å². The summed E-state index contributed by atoms with van der Waals surface area (Å²) in [6, 6.07) is 14.8. The van der Waals surface area contributed by atoms with Gasteiger partial charge in [-0.3, -0.25) is 4.98 Å². The summed E-state index contributed by atoms with van der Waals surface area (Å²) in [6.45, 7) is 0. The molecule has 0 bridgehead atoms. The van der Waals surface area contributed by atoms with E-state index in [-0.39, 0.29) is 11.4 Å². The third-order valence-electron chi connectivity index (χ3n) is 3.78. The van der Waals surface area contributed by atoms with Gasteiger partial charge in [0.25, 0.3) is 0 Å². The van der Waals surface area contributed by atoms with Gasteiger partial charge in [-0.05, 0) is 36.4 Å². The molecule has 1 aromatic carbocycles. The first kappa shape index (κ1) is 16.3. The molecule has 124 valence electrons. The molecular formula is C19H16N4O2. The zero-order valence-corrected chi connectivity index (χ0v) is 13.9. The van der Waals surface area contributed by atoms with Crippen LogP contribution in [-0.2, 0) is 0 Å². The van der Waals surface area contributed by atoms with Gasteiger partial charge >= 0.3 is 0 Å². The van der Waals surface area contributed by atoms with Crippen molar-refractivity contribution in [3.8, 4) is 40.1 Å². The van der Waals surface area contributed by atoms with Crippen LogP contribution in [0.4, 0.5) is 5.82 Å². The average molecular weight is 332 g/mol. The molecule has 0 spiro atoms. The number of methoxy groups -OCH3 is 2. The van der Waals surface area contributed by atoms with Gasteiger partial charge in [0.1, 0.15) is 28.9 Å². The molecule has 0 amide bonds. The Hall–Kier alpha value is -3.59. The smallest absolute Gasteiger partial charge is 0.142 e. The van der Waals surface area contributed by atoms with E-state index in [0.29, 0.717) is 34.0 Å². The second kappa shape index (κ2) is 6.89. The number of nitrogen functional groups attached to an aromatic ring is 1. The molecule has 2 aromatic heterocycles. The summed E-state index contributed by atoms with van der Waals surface area (Å²) >= 11 is 0. The van der Waals surface area contributed by atoms with E-state index in [4.69, 9.17) is 15.2 Å². The van der Waals surface area contributed by atoms with Gasteiger partial charge in [0.2, 0.25) is 0 Å². The Balaban J connectivity index is 2.29. The van der Waals surface area contributed by atoms with Gasteiger partial charge in [0.15, 0.2) is 0 Å². The molecule has 0 unspecified atom stereocenters. The van der Waals surface area contributed by atoms with E-state index in [1.165, 1.54) is 0 Å². The van der Waals surface area contributed by atoms with Crippen LogP contribution in [0.1, 0.15) is 5.56 Å². The Morgan fingerprint density at radius 3 is 2.48 bits per heavy atom. The Morgan fingerprint density at radius 1 is 1.00 bits per heavy atom. The SMILES string of the molecule is COc1ccc(OC)c(-c2cc(-c3ccccn3)nc(N)c2C#N)c1. The highest BCUT2D eigenvalue weighted by molar-refractivity contribution is 5.83. The van der Waals surface area contributed by atoms with Gasteiger partial charge in [-0.1, -0.05) is 6.07 Å². The maximum absolute atomic E-state index is 9.55. The molecule has 0 aliphatic rings. The summed E-state index contributed by atoms with van der Waals surface area (Å²) in [5.41, 5.74) is 8.88. The number of aromatic nitrogens is 2. The van der Waals surface area contributed by atoms with Gasteiger partial charge in [0.05, 0.1) is 25.6 Å². The Morgan fingerprint density at radius 2 is 1.84 bits per heavy atom. The topological polar surface area (TPSA) is 94.1 Å². The minimum Gasteiger partial charge on any atom is -0.497 e. The molecule has 0 saturated carbocycles. The van der Waals surface area contributed by atoms with Crippen LogP contribution in [0.2, 0.25) is 0 Å². The maximum Gasteiger partial charge on any atom is 0.142 e. The Labute approximate surface area is 145 Å². The van der Waals surface area contributed by atoms with Crippen molar-refractivity contribution in [3.63, 3.8) is 0 Å². The molecular weight excluding hydrogens is 316 g/mol. The van der Waals surface area contributed by atoms with Crippen LogP contribution in [-0.4, -0.2) is 24.2 Å². The highest BCUT2D eigenvalue weighted by Gasteiger charge is 2.17. The lowest BCUT2D eigenvalue weighted by Crippen LogP contribution is -2.01. The fourth-order valence-corrected chi connectivity index (χ4v) is 2.56. The van der Waals surface area contributed by atoms with E-state index in [9.17, 15) is 5.26 Å². The van der Waals surface area contributed by atoms with Gasteiger partial charge in [-0.15, -0.1) is 0 Å². The quantitative estimate of drug-likeness (QED) is 0.788. The highest BCUT2D eigenvalue weighted by atomic mass is 16.5. The number of pyridine rings is 2. The fourth-order valence-electron chi connectivity index (χ4n) is 2.56. The summed E-state index contributed by atoms with van der Waals surface area (Å²) in [5, 5.41) is 9.55. The fraction of sp³-hybridized carbons (Fsp3) is 0.105. The highest BCUT2D eigenvalue weighted by Crippen LogP contribution is 2.38. The number of rotatable bonds is 4. The number of hydrogen-bond donors (Lipinski definition) is 1. The van der Waals surface area contributed by atoms with E-state index < -0.39 is 0 Å². The maximum atomic E-state index is 9.55. The first-order valence-electron chi connectivity index (χ1n) is 7.52. The average Bonchev–Trinajstić information content (AvgIpc) is 2.67. The van der Waals surface area contributed by atoms with Crippen molar-refractivity contribution in [2.75, 3.05) is 20.0 Å². The lowest BCUT2D eigenvalue weighted by molar-refractivity contribution is 0.404. The van der Waals surface area contributed by atoms with Crippen molar-refractivity contribution in [2.45, 2.75) is 0 Å². The molecule has 6 nitrogen and oxygen atoms in total. The predicted molar refractivity (Wildman–Crippen MR) is 95.1 cm³/mol. The number of nitrogens with two attached hydrogens (primary N) is 1. The first-order valence-corrected chi connectivity index (χ1v) is 7.52. The lowest BCUT2D eigenvalue weighted by atomic mass is 9.98. The van der Waals surface area contributed by atoms with E-state index >= 15 is 0 Å². The number of anilines is 1. The normalized spacial score (nSPS) is 10.1. The van der Waals surface area contributed by atoms with Crippen LogP contribution in [0.5, 0.6) is 11.5 Å². The Bertz CT molecular complexity index is 950. The van der Waals surface area contributed by atoms with E-state index in [1.807, 2.05) is 18.2 Å². The minimum absolute atomic E-state index is 0.144. The predicted octanol–water partition coefficient (Wildman–Crippen LogP) is 3.28. The van der Waals surface area contributed by atoms with Crippen molar-refractivity contribution in [1.29, 1.82) is 5.26 Å². The summed E-state index contributed by atoms with van der Waals surface area (Å²) in [4.78, 5) is 8.62. The van der Waals surface area contributed by atoms with Crippen molar-refractivity contribution in [3.05, 3.63) is 54.2 Å². The van der Waals surface area contributed by atoms with Crippen molar-refractivity contribution in [2.24, 2.45) is 0 Å². The van der Waals surface area contributed by atoms with Crippen molar-refractivity contribution >= 4 is 5.82 Å². The van der Waals surface area contributed by atoms with Crippen molar-refractivity contribution < 1.29 is 9.47 Å². The molecule has 0 atom stereocenters. The van der Waals surface area contributed by atoms with Crippen LogP contribution in [0, 0.1) is 11.3 Å². The number of nitriles is 1. The lowest BCUT2D eigenvalue weighted by Gasteiger charge is -2.14. The number of hydrogen-bond acceptors (Lipinski definition) is 6. The zero-order valence-electron chi connectivity index (χ0n) is 13.9. The van der Waals surface area contributed by atoms with E-state index in [1.54, 1.807) is 44.7 Å². The second-order valence-corrected chi connectivity index (χ2v) is 5.21. The second-order valence-electron chi connectivity index (χ2n) is 5.21. The Kier molecular flexibility index (Phi) is 4.48. The molecule has 6 heteroatoms. The molecule has 0 radical (unpaired) electrons. The summed E-state index contributed by atoms with van der Waals surface area (Å²) in [7, 11) is 3.15. The number of ether oxygens (including phenoxy) is 2. The standard InChI is InChI=1S/C19H16N4O2/c1-24-12-6-7-18(25-2)14(9-12)13-10-17(16-5-3-4-8-22-16)23-19(21)15(13)11-20/h3-10H,1-2H3,(H2,21,23). The molecule has 2 N–H and O–H groups in total. The van der Waals surface area contributed by atoms with Gasteiger partial charge in [-0.2, -0.15) is 5.26 Å². The van der Waals surface area contributed by atoms with E-state index in [0.717, 1.165) is 0 Å². The molecule has 3 rings (SSSR count). The molecule has 0 aliphatic carbocycles. The molecule has 2 heterocycles. The third kappa shape index (κ3) is 3.08. The van der Waals surface area contributed by atoms with Crippen molar-refractivity contribution in [1.82, 2.24) is 9.97 Å². The summed E-state index contributed by atoms with van der Waals surface area (Å²) in [5.74, 6) is 1.40. The molecule has 0 aliphatic heterocycles. The van der Waals surface area contributed by atoms with Gasteiger partial charge in [-0.25, -0.2) is 4.98 Å². The van der Waals surface area contributed by atoms with Gasteiger partial charge in [0, 0.05) is 17.3 Å². The molecule has 0 saturated heterocycles. The third-order valence-corrected chi connectivity index (χ3v) is 3.78. The molecule has 25 heavy (non-hydrogen) atoms. The van der Waals surface area contributed by atoms with Crippen LogP contribution in [0.15, 0.2) is 48.7 Å². The largest absolute Gasteiger partial charge is 0.497 e. The zero-order chi connectivity index (χ0) is 17.8. The minimum atomic E-state index is 0.144. The molecule has 0 fully saturated rings. The summed E-state index contributed by atoms with van der Waals surface area (Å²) in [6.07, 6.45) is 1.68. The molecule has 3 aromatic rings. The van der Waals surface area contributed by atoms with E-state index in [2.05, 4.69) is 16.0 Å². The van der Waals surface area contributed by atoms with Gasteiger partial charge < -0.3 is 15.2 Å². The van der Waals surface area contributed by atoms with Crippen LogP contribution >= 0.6 is 0 Å². The van der Waals surface area contributed by atoms with Crippen LogP contribution < -0.4 is 15.2 Å².